The molecule has 0 atom stereocenters. The third-order valence-electron chi connectivity index (χ3n) is 4.79. The first-order chi connectivity index (χ1) is 12.9. The van der Waals surface area contributed by atoms with Gasteiger partial charge in [-0.15, -0.1) is 0 Å². The zero-order valence-corrected chi connectivity index (χ0v) is 14.9. The lowest BCUT2D eigenvalue weighted by molar-refractivity contribution is -0.266. The topological polar surface area (TPSA) is 37.3 Å². The first-order valence-electron chi connectivity index (χ1n) is 8.27. The number of alkyl halides is 5. The van der Waals surface area contributed by atoms with Crippen LogP contribution in [-0.4, -0.2) is 23.0 Å². The Hall–Kier alpha value is -2.96. The fraction of sp³-hybridized carbons (Fsp3) is 0.190. The summed E-state index contributed by atoms with van der Waals surface area (Å²) in [4.78, 5) is 11.3. The van der Waals surface area contributed by atoms with E-state index in [2.05, 4.69) is 0 Å². The lowest BCUT2D eigenvalue weighted by Crippen LogP contribution is -2.43. The SMILES string of the molecule is Cc1c2ccccc2c(C)c2cc(C(O)=CC(=O)C(F)(F)C(F)(F)F)ccc12. The van der Waals surface area contributed by atoms with E-state index in [4.69, 9.17) is 0 Å². The van der Waals surface area contributed by atoms with Crippen LogP contribution in [0.25, 0.3) is 27.3 Å². The number of halogens is 5. The summed E-state index contributed by atoms with van der Waals surface area (Å²) in [5.74, 6) is -9.05. The highest BCUT2D eigenvalue weighted by Crippen LogP contribution is 2.37. The van der Waals surface area contributed by atoms with E-state index in [1.807, 2.05) is 38.1 Å². The van der Waals surface area contributed by atoms with E-state index < -0.39 is 23.6 Å². The van der Waals surface area contributed by atoms with Gasteiger partial charge in [0, 0.05) is 11.6 Å². The molecule has 0 fully saturated rings. The van der Waals surface area contributed by atoms with Crippen molar-refractivity contribution in [3.8, 4) is 0 Å². The number of aliphatic hydroxyl groups excluding tert-OH is 1. The second-order valence-electron chi connectivity index (χ2n) is 6.52. The second-order valence-corrected chi connectivity index (χ2v) is 6.52. The van der Waals surface area contributed by atoms with Crippen LogP contribution in [0.5, 0.6) is 0 Å². The first kappa shape index (κ1) is 19.8. The summed E-state index contributed by atoms with van der Waals surface area (Å²) < 4.78 is 63.2. The molecular weight excluding hydrogens is 379 g/mol. The van der Waals surface area contributed by atoms with Gasteiger partial charge in [0.1, 0.15) is 5.76 Å². The van der Waals surface area contributed by atoms with Crippen LogP contribution in [0.2, 0.25) is 0 Å². The molecule has 0 radical (unpaired) electrons. The molecule has 3 aromatic carbocycles. The largest absolute Gasteiger partial charge is 0.507 e. The molecule has 0 amide bonds. The summed E-state index contributed by atoms with van der Waals surface area (Å²) in [5, 5.41) is 13.5. The van der Waals surface area contributed by atoms with E-state index in [0.29, 0.717) is 5.39 Å². The molecule has 146 valence electrons. The number of rotatable bonds is 3. The monoisotopic (exact) mass is 394 g/mol. The second kappa shape index (κ2) is 6.58. The molecule has 0 aliphatic rings. The highest BCUT2D eigenvalue weighted by molar-refractivity contribution is 6.06. The van der Waals surface area contributed by atoms with Crippen molar-refractivity contribution >= 4 is 33.1 Å². The summed E-state index contributed by atoms with van der Waals surface area (Å²) in [6.07, 6.45) is -6.12. The van der Waals surface area contributed by atoms with E-state index in [1.165, 1.54) is 12.1 Å². The van der Waals surface area contributed by atoms with Gasteiger partial charge >= 0.3 is 12.1 Å². The van der Waals surface area contributed by atoms with Crippen molar-refractivity contribution in [2.75, 3.05) is 0 Å². The van der Waals surface area contributed by atoms with Crippen LogP contribution < -0.4 is 0 Å². The molecule has 0 aliphatic heterocycles. The number of aryl methyl sites for hydroxylation is 2. The first-order valence-corrected chi connectivity index (χ1v) is 8.27. The lowest BCUT2D eigenvalue weighted by atomic mass is 9.92. The standard InChI is InChI=1S/C21H15F5O2/c1-11-14-5-3-4-6-15(14)12(2)17-9-13(7-8-16(11)17)18(27)10-19(28)20(22,23)21(24,25)26/h3-10,27H,1-2H3. The van der Waals surface area contributed by atoms with Gasteiger partial charge in [0.15, 0.2) is 0 Å². The Morgan fingerprint density at radius 3 is 1.89 bits per heavy atom. The number of fused-ring (bicyclic) bond motifs is 2. The average molecular weight is 394 g/mol. The van der Waals surface area contributed by atoms with Gasteiger partial charge in [-0.3, -0.25) is 4.79 Å². The highest BCUT2D eigenvalue weighted by Gasteiger charge is 2.62. The number of hydrogen-bond acceptors (Lipinski definition) is 2. The van der Waals surface area contributed by atoms with Crippen molar-refractivity contribution in [3.05, 3.63) is 65.2 Å². The van der Waals surface area contributed by atoms with E-state index in [1.54, 1.807) is 6.07 Å². The van der Waals surface area contributed by atoms with E-state index >= 15 is 0 Å². The van der Waals surface area contributed by atoms with Gasteiger partial charge in [0.25, 0.3) is 0 Å². The van der Waals surface area contributed by atoms with Crippen LogP contribution in [0.15, 0.2) is 48.5 Å². The maximum atomic E-state index is 13.1. The lowest BCUT2D eigenvalue weighted by Gasteiger charge is -2.16. The maximum absolute atomic E-state index is 13.1. The Balaban J connectivity index is 2.13. The Bertz CT molecular complexity index is 1130. The van der Waals surface area contributed by atoms with Crippen LogP contribution >= 0.6 is 0 Å². The third kappa shape index (κ3) is 3.10. The Morgan fingerprint density at radius 1 is 0.857 bits per heavy atom. The predicted octanol–water partition coefficient (Wildman–Crippen LogP) is 6.28. The summed E-state index contributed by atoms with van der Waals surface area (Å²) in [6.45, 7) is 3.75. The Labute approximate surface area is 156 Å². The molecule has 0 bridgehead atoms. The minimum Gasteiger partial charge on any atom is -0.507 e. The van der Waals surface area contributed by atoms with Crippen molar-refractivity contribution in [3.63, 3.8) is 0 Å². The molecule has 2 nitrogen and oxygen atoms in total. The molecule has 0 spiro atoms. The van der Waals surface area contributed by atoms with Crippen molar-refractivity contribution in [2.45, 2.75) is 25.9 Å². The minimum atomic E-state index is -6.03. The third-order valence-corrected chi connectivity index (χ3v) is 4.79. The van der Waals surface area contributed by atoms with Gasteiger partial charge in [0.2, 0.25) is 5.78 Å². The van der Waals surface area contributed by atoms with Crippen LogP contribution in [0, 0.1) is 13.8 Å². The molecule has 3 aromatic rings. The molecule has 0 saturated carbocycles. The molecule has 0 aliphatic carbocycles. The van der Waals surface area contributed by atoms with Gasteiger partial charge in [-0.05, 0) is 52.6 Å². The van der Waals surface area contributed by atoms with Crippen molar-refractivity contribution < 1.29 is 31.9 Å². The number of aliphatic hydroxyl groups is 1. The van der Waals surface area contributed by atoms with Gasteiger partial charge in [-0.1, -0.05) is 36.4 Å². The van der Waals surface area contributed by atoms with Crippen LogP contribution in [0.4, 0.5) is 22.0 Å². The van der Waals surface area contributed by atoms with Crippen molar-refractivity contribution in [2.24, 2.45) is 0 Å². The molecular formula is C21H15F5O2. The fourth-order valence-corrected chi connectivity index (χ4v) is 3.21. The van der Waals surface area contributed by atoms with E-state index in [0.717, 1.165) is 27.3 Å². The van der Waals surface area contributed by atoms with Gasteiger partial charge < -0.3 is 5.11 Å². The molecule has 28 heavy (non-hydrogen) atoms. The molecule has 0 heterocycles. The number of carbonyl (C=O) groups excluding carboxylic acids is 1. The number of carbonyl (C=O) groups is 1. The average Bonchev–Trinajstić information content (AvgIpc) is 2.64. The fourth-order valence-electron chi connectivity index (χ4n) is 3.21. The number of ketones is 1. The van der Waals surface area contributed by atoms with E-state index in [9.17, 15) is 31.9 Å². The zero-order chi connectivity index (χ0) is 20.9. The summed E-state index contributed by atoms with van der Waals surface area (Å²) in [5.41, 5.74) is 1.79. The highest BCUT2D eigenvalue weighted by atomic mass is 19.4. The summed E-state index contributed by atoms with van der Waals surface area (Å²) in [6, 6.07) is 12.1. The quantitative estimate of drug-likeness (QED) is 0.246. The van der Waals surface area contributed by atoms with Gasteiger partial charge in [-0.2, -0.15) is 22.0 Å². The van der Waals surface area contributed by atoms with Crippen molar-refractivity contribution in [1.29, 1.82) is 0 Å². The number of hydrogen-bond donors (Lipinski definition) is 1. The maximum Gasteiger partial charge on any atom is 0.461 e. The Morgan fingerprint density at radius 2 is 1.36 bits per heavy atom. The van der Waals surface area contributed by atoms with Crippen LogP contribution in [-0.2, 0) is 4.79 Å². The molecule has 0 aromatic heterocycles. The molecule has 0 unspecified atom stereocenters. The molecule has 1 N–H and O–H groups in total. The van der Waals surface area contributed by atoms with Crippen molar-refractivity contribution in [1.82, 2.24) is 0 Å². The van der Waals surface area contributed by atoms with Crippen LogP contribution in [0.1, 0.15) is 16.7 Å². The smallest absolute Gasteiger partial charge is 0.461 e. The zero-order valence-electron chi connectivity index (χ0n) is 14.9. The Kier molecular flexibility index (Phi) is 4.65. The summed E-state index contributed by atoms with van der Waals surface area (Å²) >= 11 is 0. The molecule has 3 rings (SSSR count). The number of allylic oxidation sites excluding steroid dienone is 1. The molecule has 7 heteroatoms. The van der Waals surface area contributed by atoms with Gasteiger partial charge in [0.05, 0.1) is 0 Å². The van der Waals surface area contributed by atoms with Gasteiger partial charge in [-0.25, -0.2) is 0 Å². The minimum absolute atomic E-state index is 0.0309. The predicted molar refractivity (Wildman–Crippen MR) is 97.5 cm³/mol. The van der Waals surface area contributed by atoms with Crippen LogP contribution in [0.3, 0.4) is 0 Å². The molecule has 0 saturated heterocycles. The van der Waals surface area contributed by atoms with E-state index in [-0.39, 0.29) is 11.6 Å². The number of benzene rings is 3. The summed E-state index contributed by atoms with van der Waals surface area (Å²) in [7, 11) is 0. The normalized spacial score (nSPS) is 13.3.